The summed E-state index contributed by atoms with van der Waals surface area (Å²) in [6, 6.07) is 6.29. The van der Waals surface area contributed by atoms with Crippen LogP contribution in [0.3, 0.4) is 0 Å². The fourth-order valence-electron chi connectivity index (χ4n) is 2.17. The van der Waals surface area contributed by atoms with E-state index in [0.29, 0.717) is 5.56 Å². The summed E-state index contributed by atoms with van der Waals surface area (Å²) in [6.07, 6.45) is 0. The number of aromatic nitrogens is 4. The van der Waals surface area contributed by atoms with Crippen molar-refractivity contribution in [3.05, 3.63) is 40.4 Å². The van der Waals surface area contributed by atoms with Crippen LogP contribution in [0.1, 0.15) is 31.3 Å². The van der Waals surface area contributed by atoms with Gasteiger partial charge in [0.05, 0.1) is 0 Å². The minimum atomic E-state index is -0.712. The Bertz CT molecular complexity index is 982. The zero-order valence-corrected chi connectivity index (χ0v) is 13.4. The number of fused-ring (bicyclic) bond motifs is 1. The van der Waals surface area contributed by atoms with Crippen LogP contribution in [0.5, 0.6) is 5.75 Å². The van der Waals surface area contributed by atoms with Crippen molar-refractivity contribution in [1.82, 2.24) is 19.9 Å². The molecule has 0 aliphatic rings. The maximum Gasteiger partial charge on any atom is 0.359 e. The molecule has 2 aromatic heterocycles. The Morgan fingerprint density at radius 1 is 1.21 bits per heavy atom. The summed E-state index contributed by atoms with van der Waals surface area (Å²) >= 11 is 0. The number of phenols is 1. The molecule has 0 unspecified atom stereocenters. The van der Waals surface area contributed by atoms with Gasteiger partial charge in [0, 0.05) is 5.56 Å². The first-order valence-corrected chi connectivity index (χ1v) is 7.26. The molecule has 3 aromatic rings. The van der Waals surface area contributed by atoms with Crippen molar-refractivity contribution in [2.24, 2.45) is 0 Å². The monoisotopic (exact) mass is 328 g/mol. The Labute approximate surface area is 136 Å². The van der Waals surface area contributed by atoms with E-state index in [2.05, 4.69) is 19.9 Å². The molecule has 124 valence electrons. The number of nitrogens with one attached hydrogen (secondary N) is 2. The van der Waals surface area contributed by atoms with E-state index in [9.17, 15) is 14.7 Å². The molecule has 8 heteroatoms. The van der Waals surface area contributed by atoms with E-state index in [1.165, 1.54) is 12.1 Å². The van der Waals surface area contributed by atoms with Crippen LogP contribution in [0, 0.1) is 0 Å². The van der Waals surface area contributed by atoms with Gasteiger partial charge in [0.2, 0.25) is 0 Å². The lowest BCUT2D eigenvalue weighted by Crippen LogP contribution is -2.25. The van der Waals surface area contributed by atoms with Gasteiger partial charge in [-0.15, -0.1) is 0 Å². The number of rotatable bonds is 2. The van der Waals surface area contributed by atoms with E-state index >= 15 is 0 Å². The third kappa shape index (κ3) is 3.12. The Kier molecular flexibility index (Phi) is 3.59. The van der Waals surface area contributed by atoms with Crippen molar-refractivity contribution in [3.63, 3.8) is 0 Å². The van der Waals surface area contributed by atoms with Crippen molar-refractivity contribution < 1.29 is 14.6 Å². The van der Waals surface area contributed by atoms with Crippen LogP contribution in [0.25, 0.3) is 22.6 Å². The minimum Gasteiger partial charge on any atom is -0.508 e. The van der Waals surface area contributed by atoms with Crippen LogP contribution >= 0.6 is 0 Å². The van der Waals surface area contributed by atoms with E-state index in [-0.39, 0.29) is 28.4 Å². The summed E-state index contributed by atoms with van der Waals surface area (Å²) in [7, 11) is 0. The molecule has 0 spiro atoms. The predicted octanol–water partition coefficient (Wildman–Crippen LogP) is 1.97. The summed E-state index contributed by atoms with van der Waals surface area (Å²) in [5.74, 6) is -0.446. The van der Waals surface area contributed by atoms with E-state index in [0.717, 1.165) is 0 Å². The number of hydrogen-bond donors (Lipinski definition) is 3. The van der Waals surface area contributed by atoms with Crippen molar-refractivity contribution in [2.45, 2.75) is 26.4 Å². The Balaban J connectivity index is 2.20. The largest absolute Gasteiger partial charge is 0.508 e. The summed E-state index contributed by atoms with van der Waals surface area (Å²) in [4.78, 5) is 37.5. The number of ether oxygens (including phenoxy) is 1. The maximum atomic E-state index is 12.4. The average molecular weight is 328 g/mol. The molecule has 0 bridgehead atoms. The molecular formula is C16H16N4O4. The molecule has 0 radical (unpaired) electrons. The van der Waals surface area contributed by atoms with Gasteiger partial charge in [0.25, 0.3) is 0 Å². The second-order valence-corrected chi connectivity index (χ2v) is 6.25. The highest BCUT2D eigenvalue weighted by Gasteiger charge is 2.24. The minimum absolute atomic E-state index is 0.0394. The van der Waals surface area contributed by atoms with Gasteiger partial charge in [-0.3, -0.25) is 4.98 Å². The van der Waals surface area contributed by atoms with Crippen LogP contribution in [-0.4, -0.2) is 36.6 Å². The quantitative estimate of drug-likeness (QED) is 0.618. The molecule has 24 heavy (non-hydrogen) atoms. The molecule has 3 N–H and O–H groups in total. The summed E-state index contributed by atoms with van der Waals surface area (Å²) in [5.41, 5.74) is -0.393. The number of phenolic OH excluding ortho intramolecular Hbond substituents is 1. The van der Waals surface area contributed by atoms with Crippen molar-refractivity contribution in [2.75, 3.05) is 0 Å². The van der Waals surface area contributed by atoms with Gasteiger partial charge >= 0.3 is 11.7 Å². The maximum absolute atomic E-state index is 12.4. The van der Waals surface area contributed by atoms with Gasteiger partial charge in [0.15, 0.2) is 17.2 Å². The molecule has 0 saturated heterocycles. The zero-order chi connectivity index (χ0) is 17.5. The first-order chi connectivity index (χ1) is 11.2. The first-order valence-electron chi connectivity index (χ1n) is 7.26. The molecule has 8 nitrogen and oxygen atoms in total. The van der Waals surface area contributed by atoms with Crippen LogP contribution in [0.15, 0.2) is 29.1 Å². The Hall–Kier alpha value is -3.16. The van der Waals surface area contributed by atoms with Gasteiger partial charge in [-0.05, 0) is 32.9 Å². The fourth-order valence-corrected chi connectivity index (χ4v) is 2.17. The van der Waals surface area contributed by atoms with Gasteiger partial charge in [-0.1, -0.05) is 12.1 Å². The molecule has 0 atom stereocenters. The lowest BCUT2D eigenvalue weighted by Gasteiger charge is -2.19. The Morgan fingerprint density at radius 2 is 1.96 bits per heavy atom. The van der Waals surface area contributed by atoms with E-state index in [1.54, 1.807) is 32.9 Å². The van der Waals surface area contributed by atoms with Crippen LogP contribution in [0.4, 0.5) is 0 Å². The van der Waals surface area contributed by atoms with Gasteiger partial charge < -0.3 is 14.8 Å². The SMILES string of the molecule is CC(C)(C)OC(=O)c1nc(-c2cccc(O)c2)nc2[nH]c(=O)[nH]c12. The molecule has 1 aromatic carbocycles. The van der Waals surface area contributed by atoms with Crippen LogP contribution in [0.2, 0.25) is 0 Å². The molecular weight excluding hydrogens is 312 g/mol. The molecule has 0 aliphatic carbocycles. The molecule has 0 aliphatic heterocycles. The fraction of sp³-hybridized carbons (Fsp3) is 0.250. The number of H-pyrrole nitrogens is 2. The third-order valence-electron chi connectivity index (χ3n) is 3.08. The van der Waals surface area contributed by atoms with Gasteiger partial charge in [-0.2, -0.15) is 0 Å². The second-order valence-electron chi connectivity index (χ2n) is 6.25. The highest BCUT2D eigenvalue weighted by Crippen LogP contribution is 2.23. The standard InChI is InChI=1S/C16H16N4O4/c1-16(2,3)24-14(22)11-10-13(20-15(23)18-10)19-12(17-11)8-5-4-6-9(21)7-8/h4-7,21H,1-3H3,(H2,17,18,19,20,23). The molecule has 0 saturated carbocycles. The van der Waals surface area contributed by atoms with Gasteiger partial charge in [-0.25, -0.2) is 19.6 Å². The highest BCUT2D eigenvalue weighted by molar-refractivity contribution is 5.99. The number of esters is 1. The van der Waals surface area contributed by atoms with Crippen molar-refractivity contribution >= 4 is 17.1 Å². The van der Waals surface area contributed by atoms with Crippen LogP contribution < -0.4 is 5.69 Å². The van der Waals surface area contributed by atoms with E-state index in [1.807, 2.05) is 0 Å². The lowest BCUT2D eigenvalue weighted by molar-refractivity contribution is 0.00651. The van der Waals surface area contributed by atoms with E-state index < -0.39 is 17.3 Å². The Morgan fingerprint density at radius 3 is 2.62 bits per heavy atom. The smallest absolute Gasteiger partial charge is 0.359 e. The average Bonchev–Trinajstić information content (AvgIpc) is 2.84. The number of carbonyl (C=O) groups is 1. The predicted molar refractivity (Wildman–Crippen MR) is 86.8 cm³/mol. The molecule has 3 rings (SSSR count). The van der Waals surface area contributed by atoms with Crippen LogP contribution in [-0.2, 0) is 4.74 Å². The summed E-state index contributed by atoms with van der Waals surface area (Å²) in [6.45, 7) is 5.21. The number of aromatic hydroxyl groups is 1. The number of hydrogen-bond acceptors (Lipinski definition) is 6. The number of benzene rings is 1. The molecule has 0 fully saturated rings. The van der Waals surface area contributed by atoms with Crippen molar-refractivity contribution in [1.29, 1.82) is 0 Å². The highest BCUT2D eigenvalue weighted by atomic mass is 16.6. The molecule has 0 amide bonds. The number of imidazole rings is 1. The number of nitrogens with zero attached hydrogens (tertiary/aromatic N) is 2. The number of carbonyl (C=O) groups excluding carboxylic acids is 1. The normalized spacial score (nSPS) is 11.6. The van der Waals surface area contributed by atoms with E-state index in [4.69, 9.17) is 4.74 Å². The lowest BCUT2D eigenvalue weighted by atomic mass is 10.2. The third-order valence-corrected chi connectivity index (χ3v) is 3.08. The summed E-state index contributed by atoms with van der Waals surface area (Å²) in [5, 5.41) is 9.61. The number of aromatic amines is 2. The topological polar surface area (TPSA) is 121 Å². The molecule has 2 heterocycles. The summed E-state index contributed by atoms with van der Waals surface area (Å²) < 4.78 is 5.34. The van der Waals surface area contributed by atoms with Crippen molar-refractivity contribution in [3.8, 4) is 17.1 Å². The first kappa shape index (κ1) is 15.7. The van der Waals surface area contributed by atoms with Gasteiger partial charge in [0.1, 0.15) is 16.9 Å². The zero-order valence-electron chi connectivity index (χ0n) is 13.4. The second kappa shape index (κ2) is 5.48.